The molecule has 15 heavy (non-hydrogen) atoms. The Morgan fingerprint density at radius 2 is 2.40 bits per heavy atom. The zero-order valence-electron chi connectivity index (χ0n) is 9.61. The van der Waals surface area contributed by atoms with Gasteiger partial charge in [-0.25, -0.2) is 4.98 Å². The molecule has 0 aromatic carbocycles. The highest BCUT2D eigenvalue weighted by Gasteiger charge is 2.01. The number of hydrogen-bond donors (Lipinski definition) is 2. The van der Waals surface area contributed by atoms with Crippen molar-refractivity contribution in [2.45, 2.75) is 39.3 Å². The third kappa shape index (κ3) is 4.44. The number of aliphatic hydroxyl groups excluding tert-OH is 1. The van der Waals surface area contributed by atoms with E-state index in [4.69, 9.17) is 5.11 Å². The summed E-state index contributed by atoms with van der Waals surface area (Å²) in [5.74, 6) is 1.06. The van der Waals surface area contributed by atoms with Gasteiger partial charge in [0.1, 0.15) is 5.82 Å². The van der Waals surface area contributed by atoms with E-state index in [1.54, 1.807) is 0 Å². The van der Waals surface area contributed by atoms with E-state index in [9.17, 15) is 0 Å². The van der Waals surface area contributed by atoms with Crippen LogP contribution in [0.4, 0.5) is 0 Å². The van der Waals surface area contributed by atoms with Crippen molar-refractivity contribution in [2.75, 3.05) is 13.2 Å². The molecule has 4 nitrogen and oxygen atoms in total. The predicted octanol–water partition coefficient (Wildman–Crippen LogP) is 0.942. The van der Waals surface area contributed by atoms with E-state index < -0.39 is 0 Å². The average Bonchev–Trinajstić information content (AvgIpc) is 2.61. The number of nitrogens with one attached hydrogen (secondary N) is 1. The highest BCUT2D eigenvalue weighted by Crippen LogP contribution is 1.96. The van der Waals surface area contributed by atoms with Gasteiger partial charge in [-0.1, -0.05) is 0 Å². The average molecular weight is 211 g/mol. The van der Waals surface area contributed by atoms with Crippen LogP contribution in [0.3, 0.4) is 0 Å². The third-order valence-corrected chi connectivity index (χ3v) is 2.56. The van der Waals surface area contributed by atoms with Crippen LogP contribution >= 0.6 is 0 Å². The second kappa shape index (κ2) is 6.58. The minimum atomic E-state index is 0.284. The van der Waals surface area contributed by atoms with Crippen LogP contribution in [0.1, 0.15) is 25.6 Å². The fourth-order valence-electron chi connectivity index (χ4n) is 1.57. The molecule has 0 saturated heterocycles. The first-order chi connectivity index (χ1) is 7.24. The quantitative estimate of drug-likeness (QED) is 0.706. The van der Waals surface area contributed by atoms with Crippen LogP contribution < -0.4 is 5.32 Å². The largest absolute Gasteiger partial charge is 0.396 e. The summed E-state index contributed by atoms with van der Waals surface area (Å²) in [4.78, 5) is 4.17. The Balaban J connectivity index is 2.13. The number of aryl methyl sites for hydroxylation is 1. The van der Waals surface area contributed by atoms with Crippen molar-refractivity contribution in [3.63, 3.8) is 0 Å². The first-order valence-electron chi connectivity index (χ1n) is 5.56. The first-order valence-corrected chi connectivity index (χ1v) is 5.56. The summed E-state index contributed by atoms with van der Waals surface area (Å²) in [7, 11) is 0. The molecular weight excluding hydrogens is 190 g/mol. The molecule has 0 saturated carbocycles. The van der Waals surface area contributed by atoms with Crippen molar-refractivity contribution < 1.29 is 5.11 Å². The lowest BCUT2D eigenvalue weighted by atomic mass is 10.2. The topological polar surface area (TPSA) is 50.1 Å². The van der Waals surface area contributed by atoms with E-state index in [2.05, 4.69) is 21.8 Å². The standard InChI is InChI=1S/C11H21N3O/c1-10(4-3-9-15)12-5-7-14-8-6-13-11(14)2/h6,8,10,12,15H,3-5,7,9H2,1-2H3. The maximum absolute atomic E-state index is 8.69. The van der Waals surface area contributed by atoms with Crippen LogP contribution in [0.15, 0.2) is 12.4 Å². The lowest BCUT2D eigenvalue weighted by Gasteiger charge is -2.13. The van der Waals surface area contributed by atoms with Gasteiger partial charge in [0.05, 0.1) is 0 Å². The summed E-state index contributed by atoms with van der Waals surface area (Å²) in [5.41, 5.74) is 0. The number of imidazole rings is 1. The number of aromatic nitrogens is 2. The molecule has 1 atom stereocenters. The van der Waals surface area contributed by atoms with E-state index in [1.165, 1.54) is 0 Å². The Bertz CT molecular complexity index is 273. The van der Waals surface area contributed by atoms with E-state index in [1.807, 2.05) is 19.3 Å². The van der Waals surface area contributed by atoms with Crippen LogP contribution in [0.25, 0.3) is 0 Å². The summed E-state index contributed by atoms with van der Waals surface area (Å²) in [6.07, 6.45) is 5.72. The molecule has 1 unspecified atom stereocenters. The van der Waals surface area contributed by atoms with Crippen molar-refractivity contribution in [3.8, 4) is 0 Å². The van der Waals surface area contributed by atoms with Crippen molar-refractivity contribution in [1.82, 2.24) is 14.9 Å². The van der Waals surface area contributed by atoms with Crippen LogP contribution in [0.2, 0.25) is 0 Å². The maximum Gasteiger partial charge on any atom is 0.105 e. The SMILES string of the molecule is Cc1nccn1CCNC(C)CCCO. The molecule has 0 radical (unpaired) electrons. The molecule has 0 aliphatic carbocycles. The van der Waals surface area contributed by atoms with Crippen molar-refractivity contribution in [2.24, 2.45) is 0 Å². The summed E-state index contributed by atoms with van der Waals surface area (Å²) < 4.78 is 2.13. The van der Waals surface area contributed by atoms with Gasteiger partial charge in [-0.05, 0) is 26.7 Å². The Kier molecular flexibility index (Phi) is 5.36. The van der Waals surface area contributed by atoms with Gasteiger partial charge in [0, 0.05) is 38.1 Å². The number of rotatable bonds is 7. The van der Waals surface area contributed by atoms with Crippen LogP contribution in [-0.4, -0.2) is 33.9 Å². The molecule has 1 aromatic rings. The van der Waals surface area contributed by atoms with E-state index >= 15 is 0 Å². The fraction of sp³-hybridized carbons (Fsp3) is 0.727. The second-order valence-corrected chi connectivity index (χ2v) is 3.89. The van der Waals surface area contributed by atoms with Gasteiger partial charge >= 0.3 is 0 Å². The number of nitrogens with zero attached hydrogens (tertiary/aromatic N) is 2. The van der Waals surface area contributed by atoms with Gasteiger partial charge in [0.25, 0.3) is 0 Å². The normalized spacial score (nSPS) is 13.0. The van der Waals surface area contributed by atoms with Gasteiger partial charge in [0.15, 0.2) is 0 Å². The van der Waals surface area contributed by atoms with Gasteiger partial charge in [0.2, 0.25) is 0 Å². The van der Waals surface area contributed by atoms with Crippen molar-refractivity contribution in [1.29, 1.82) is 0 Å². The Hall–Kier alpha value is -0.870. The predicted molar refractivity (Wildman–Crippen MR) is 60.7 cm³/mol. The second-order valence-electron chi connectivity index (χ2n) is 3.89. The molecule has 0 fully saturated rings. The number of aliphatic hydroxyl groups is 1. The maximum atomic E-state index is 8.69. The Morgan fingerprint density at radius 3 is 3.00 bits per heavy atom. The van der Waals surface area contributed by atoms with Gasteiger partial charge in [-0.3, -0.25) is 0 Å². The Labute approximate surface area is 91.3 Å². The zero-order chi connectivity index (χ0) is 11.1. The molecule has 0 bridgehead atoms. The summed E-state index contributed by atoms with van der Waals surface area (Å²) in [5, 5.41) is 12.1. The van der Waals surface area contributed by atoms with Crippen molar-refractivity contribution >= 4 is 0 Å². The molecule has 86 valence electrons. The lowest BCUT2D eigenvalue weighted by Crippen LogP contribution is -2.29. The summed E-state index contributed by atoms with van der Waals surface area (Å²) in [6.45, 7) is 6.34. The molecule has 4 heteroatoms. The van der Waals surface area contributed by atoms with Crippen LogP contribution in [-0.2, 0) is 6.54 Å². The van der Waals surface area contributed by atoms with Crippen LogP contribution in [0.5, 0.6) is 0 Å². The number of hydrogen-bond acceptors (Lipinski definition) is 3. The fourth-order valence-corrected chi connectivity index (χ4v) is 1.57. The van der Waals surface area contributed by atoms with Gasteiger partial charge < -0.3 is 15.0 Å². The minimum absolute atomic E-state index is 0.284. The molecule has 1 rings (SSSR count). The molecule has 0 aliphatic heterocycles. The van der Waals surface area contributed by atoms with Crippen molar-refractivity contribution in [3.05, 3.63) is 18.2 Å². The first kappa shape index (κ1) is 12.2. The molecule has 2 N–H and O–H groups in total. The van der Waals surface area contributed by atoms with Gasteiger partial charge in [-0.2, -0.15) is 0 Å². The zero-order valence-corrected chi connectivity index (χ0v) is 9.61. The molecule has 1 aromatic heterocycles. The molecule has 0 aliphatic rings. The molecular formula is C11H21N3O. The smallest absolute Gasteiger partial charge is 0.105 e. The molecule has 0 amide bonds. The van der Waals surface area contributed by atoms with E-state index in [0.29, 0.717) is 6.04 Å². The summed E-state index contributed by atoms with van der Waals surface area (Å²) >= 11 is 0. The van der Waals surface area contributed by atoms with Gasteiger partial charge in [-0.15, -0.1) is 0 Å². The minimum Gasteiger partial charge on any atom is -0.396 e. The Morgan fingerprint density at radius 1 is 1.60 bits per heavy atom. The highest BCUT2D eigenvalue weighted by atomic mass is 16.2. The van der Waals surface area contributed by atoms with Crippen LogP contribution in [0, 0.1) is 6.92 Å². The molecule has 0 spiro atoms. The summed E-state index contributed by atoms with van der Waals surface area (Å²) in [6, 6.07) is 0.473. The highest BCUT2D eigenvalue weighted by molar-refractivity contribution is 4.88. The van der Waals surface area contributed by atoms with E-state index in [-0.39, 0.29) is 6.61 Å². The van der Waals surface area contributed by atoms with E-state index in [0.717, 1.165) is 31.8 Å². The lowest BCUT2D eigenvalue weighted by molar-refractivity contribution is 0.276. The molecule has 1 heterocycles. The third-order valence-electron chi connectivity index (χ3n) is 2.56. The monoisotopic (exact) mass is 211 g/mol.